The van der Waals surface area contributed by atoms with E-state index in [0.29, 0.717) is 6.54 Å². The molecule has 0 aromatic carbocycles. The molecule has 3 heterocycles. The van der Waals surface area contributed by atoms with Gasteiger partial charge in [-0.2, -0.15) is 0 Å². The number of nitrogens with two attached hydrogens (primary N) is 1. The maximum Gasteiger partial charge on any atom is 0.237 e. The van der Waals surface area contributed by atoms with E-state index in [1.54, 1.807) is 0 Å². The van der Waals surface area contributed by atoms with Gasteiger partial charge >= 0.3 is 0 Å². The molecule has 1 unspecified atom stereocenters. The fourth-order valence-electron chi connectivity index (χ4n) is 4.38. The van der Waals surface area contributed by atoms with Gasteiger partial charge in [0.05, 0.1) is 6.04 Å². The first kappa shape index (κ1) is 23.9. The van der Waals surface area contributed by atoms with Gasteiger partial charge in [-0.3, -0.25) is 9.69 Å². The van der Waals surface area contributed by atoms with Gasteiger partial charge in [0.2, 0.25) is 5.91 Å². The Hall–Kier alpha value is -0.110. The molecular weight excluding hydrogens is 377 g/mol. The Labute approximate surface area is 169 Å². The predicted octanol–water partition coefficient (Wildman–Crippen LogP) is 1.74. The lowest BCUT2D eigenvalue weighted by Gasteiger charge is -2.48. The average molecular weight is 412 g/mol. The summed E-state index contributed by atoms with van der Waals surface area (Å²) < 4.78 is 11.0. The summed E-state index contributed by atoms with van der Waals surface area (Å²) in [6.07, 6.45) is 7.62. The van der Waals surface area contributed by atoms with Crippen LogP contribution in [0.25, 0.3) is 0 Å². The molecule has 3 aliphatic heterocycles. The summed E-state index contributed by atoms with van der Waals surface area (Å²) >= 11 is 0. The summed E-state index contributed by atoms with van der Waals surface area (Å²) in [5.74, 6) is 0.254. The highest BCUT2D eigenvalue weighted by Crippen LogP contribution is 2.30. The van der Waals surface area contributed by atoms with Gasteiger partial charge in [-0.1, -0.05) is 6.42 Å². The lowest BCUT2D eigenvalue weighted by atomic mass is 9.85. The van der Waals surface area contributed by atoms with Crippen molar-refractivity contribution in [2.24, 2.45) is 11.7 Å². The van der Waals surface area contributed by atoms with Crippen LogP contribution in [0, 0.1) is 5.92 Å². The number of rotatable bonds is 5. The Kier molecular flexibility index (Phi) is 10.7. The lowest BCUT2D eigenvalue weighted by Crippen LogP contribution is -2.61. The van der Waals surface area contributed by atoms with Gasteiger partial charge in [0.15, 0.2) is 0 Å². The number of hydrogen-bond acceptors (Lipinski definition) is 5. The van der Waals surface area contributed by atoms with E-state index in [1.807, 2.05) is 0 Å². The van der Waals surface area contributed by atoms with Crippen molar-refractivity contribution in [3.05, 3.63) is 0 Å². The van der Waals surface area contributed by atoms with Gasteiger partial charge < -0.3 is 20.5 Å². The van der Waals surface area contributed by atoms with Crippen LogP contribution in [-0.2, 0) is 14.3 Å². The fourth-order valence-corrected chi connectivity index (χ4v) is 4.38. The minimum Gasteiger partial charge on any atom is -0.381 e. The maximum atomic E-state index is 12.6. The van der Waals surface area contributed by atoms with Crippen LogP contribution >= 0.6 is 24.8 Å². The number of nitrogens with zero attached hydrogens (tertiary/aromatic N) is 1. The Bertz CT molecular complexity index is 410. The quantitative estimate of drug-likeness (QED) is 0.720. The molecule has 26 heavy (non-hydrogen) atoms. The van der Waals surface area contributed by atoms with E-state index in [2.05, 4.69) is 10.2 Å². The number of amides is 1. The first-order chi connectivity index (χ1) is 11.7. The summed E-state index contributed by atoms with van der Waals surface area (Å²) in [5.41, 5.74) is 6.28. The molecule has 0 aromatic heterocycles. The highest BCUT2D eigenvalue weighted by Gasteiger charge is 2.39. The van der Waals surface area contributed by atoms with Crippen LogP contribution in [0.5, 0.6) is 0 Å². The van der Waals surface area contributed by atoms with Crippen molar-refractivity contribution < 1.29 is 14.3 Å². The normalized spacial score (nSPS) is 25.4. The predicted molar refractivity (Wildman–Crippen MR) is 107 cm³/mol. The number of halogens is 2. The van der Waals surface area contributed by atoms with Gasteiger partial charge in [-0.15, -0.1) is 24.8 Å². The summed E-state index contributed by atoms with van der Waals surface area (Å²) in [7, 11) is 0. The summed E-state index contributed by atoms with van der Waals surface area (Å²) in [6.45, 7) is 6.01. The molecule has 3 saturated heterocycles. The molecule has 154 valence electrons. The van der Waals surface area contributed by atoms with E-state index >= 15 is 0 Å². The van der Waals surface area contributed by atoms with Crippen molar-refractivity contribution in [3.8, 4) is 0 Å². The van der Waals surface area contributed by atoms with E-state index in [-0.39, 0.29) is 42.2 Å². The van der Waals surface area contributed by atoms with Crippen LogP contribution < -0.4 is 11.1 Å². The first-order valence-corrected chi connectivity index (χ1v) is 9.65. The van der Waals surface area contributed by atoms with E-state index in [9.17, 15) is 4.79 Å². The molecule has 1 amide bonds. The Morgan fingerprint density at radius 2 is 1.62 bits per heavy atom. The second-order valence-corrected chi connectivity index (χ2v) is 7.58. The van der Waals surface area contributed by atoms with Crippen molar-refractivity contribution in [3.63, 3.8) is 0 Å². The summed E-state index contributed by atoms with van der Waals surface area (Å²) in [5, 5.41) is 3.19. The van der Waals surface area contributed by atoms with Crippen molar-refractivity contribution in [1.82, 2.24) is 10.2 Å². The fraction of sp³-hybridized carbons (Fsp3) is 0.944. The first-order valence-electron chi connectivity index (χ1n) is 9.65. The molecule has 3 rings (SSSR count). The molecule has 0 radical (unpaired) electrons. The summed E-state index contributed by atoms with van der Waals surface area (Å²) in [4.78, 5) is 15.2. The number of nitrogens with one attached hydrogen (secondary N) is 1. The third-order valence-electron chi connectivity index (χ3n) is 6.12. The van der Waals surface area contributed by atoms with Crippen molar-refractivity contribution >= 4 is 30.7 Å². The summed E-state index contributed by atoms with van der Waals surface area (Å²) in [6, 6.07) is -0.410. The number of carbonyl (C=O) groups excluding carboxylic acids is 1. The monoisotopic (exact) mass is 411 g/mol. The van der Waals surface area contributed by atoms with Gasteiger partial charge in [-0.05, 0) is 57.5 Å². The van der Waals surface area contributed by atoms with E-state index in [0.717, 1.165) is 65.2 Å². The topological polar surface area (TPSA) is 76.8 Å². The molecular formula is C18H35Cl2N3O3. The number of likely N-dealkylation sites (tertiary alicyclic amines) is 1. The molecule has 0 aliphatic carbocycles. The standard InChI is InChI=1S/C18H33N3O3.2ClH/c19-16(15-4-10-23-11-5-15)17(22)20-14-18(6-12-24-13-7-18)21-8-2-1-3-9-21;;/h15-16H,1-14,19H2,(H,20,22);2*1H. The van der Waals surface area contributed by atoms with Crippen LogP contribution in [0.4, 0.5) is 0 Å². The molecule has 3 aliphatic rings. The van der Waals surface area contributed by atoms with Crippen LogP contribution in [0.1, 0.15) is 44.9 Å². The van der Waals surface area contributed by atoms with Crippen molar-refractivity contribution in [1.29, 1.82) is 0 Å². The third kappa shape index (κ3) is 5.94. The molecule has 8 heteroatoms. The van der Waals surface area contributed by atoms with Gasteiger partial charge in [-0.25, -0.2) is 0 Å². The second-order valence-electron chi connectivity index (χ2n) is 7.58. The molecule has 0 bridgehead atoms. The second kappa shape index (κ2) is 11.7. The van der Waals surface area contributed by atoms with Crippen LogP contribution in [0.3, 0.4) is 0 Å². The molecule has 1 atom stereocenters. The van der Waals surface area contributed by atoms with Crippen LogP contribution in [-0.4, -0.2) is 68.4 Å². The smallest absolute Gasteiger partial charge is 0.237 e. The lowest BCUT2D eigenvalue weighted by molar-refractivity contribution is -0.125. The van der Waals surface area contributed by atoms with E-state index in [4.69, 9.17) is 15.2 Å². The minimum absolute atomic E-state index is 0. The Balaban J connectivity index is 0.00000169. The maximum absolute atomic E-state index is 12.6. The third-order valence-corrected chi connectivity index (χ3v) is 6.12. The zero-order valence-electron chi connectivity index (χ0n) is 15.6. The largest absolute Gasteiger partial charge is 0.381 e. The molecule has 0 saturated carbocycles. The number of hydrogen-bond donors (Lipinski definition) is 2. The Morgan fingerprint density at radius 3 is 2.23 bits per heavy atom. The number of piperidine rings is 1. The van der Waals surface area contributed by atoms with Crippen LogP contribution in [0.15, 0.2) is 0 Å². The number of carbonyl (C=O) groups is 1. The highest BCUT2D eigenvalue weighted by molar-refractivity contribution is 5.85. The highest BCUT2D eigenvalue weighted by atomic mass is 35.5. The molecule has 3 fully saturated rings. The molecule has 0 spiro atoms. The van der Waals surface area contributed by atoms with Gasteiger partial charge in [0, 0.05) is 38.5 Å². The zero-order chi connectivity index (χ0) is 16.8. The minimum atomic E-state index is -0.410. The molecule has 0 aromatic rings. The zero-order valence-corrected chi connectivity index (χ0v) is 17.3. The van der Waals surface area contributed by atoms with Crippen molar-refractivity contribution in [2.45, 2.75) is 56.5 Å². The number of ether oxygens (including phenoxy) is 2. The Morgan fingerprint density at radius 1 is 1.04 bits per heavy atom. The SMILES string of the molecule is Cl.Cl.NC(C(=O)NCC1(N2CCCCC2)CCOCC1)C1CCOCC1. The average Bonchev–Trinajstić information content (AvgIpc) is 2.67. The van der Waals surface area contributed by atoms with Gasteiger partial charge in [0.1, 0.15) is 0 Å². The van der Waals surface area contributed by atoms with Crippen molar-refractivity contribution in [2.75, 3.05) is 46.1 Å². The van der Waals surface area contributed by atoms with Crippen LogP contribution in [0.2, 0.25) is 0 Å². The molecule has 3 N–H and O–H groups in total. The van der Waals surface area contributed by atoms with E-state index in [1.165, 1.54) is 19.3 Å². The van der Waals surface area contributed by atoms with Gasteiger partial charge in [0.25, 0.3) is 0 Å². The van der Waals surface area contributed by atoms with E-state index < -0.39 is 6.04 Å². The molecule has 6 nitrogen and oxygen atoms in total.